The van der Waals surface area contributed by atoms with Gasteiger partial charge in [-0.1, -0.05) is 6.92 Å². The van der Waals surface area contributed by atoms with Gasteiger partial charge in [-0.05, 0) is 37.1 Å². The molecule has 3 N–H and O–H groups in total. The first-order valence-electron chi connectivity index (χ1n) is 6.21. The number of hydrogen-bond acceptors (Lipinski definition) is 3. The van der Waals surface area contributed by atoms with E-state index in [9.17, 15) is 4.79 Å². The summed E-state index contributed by atoms with van der Waals surface area (Å²) in [5, 5.41) is 7.13. The van der Waals surface area contributed by atoms with Gasteiger partial charge in [0.1, 0.15) is 0 Å². The molecule has 0 atom stereocenters. The van der Waals surface area contributed by atoms with Crippen molar-refractivity contribution >= 4 is 17.3 Å². The Hall–Kier alpha value is -2.30. The Balaban J connectivity index is 2.22. The number of nitrogens with two attached hydrogens (primary N) is 1. The molecule has 1 heterocycles. The van der Waals surface area contributed by atoms with Crippen LogP contribution in [0.4, 0.5) is 11.4 Å². The van der Waals surface area contributed by atoms with Crippen molar-refractivity contribution in [3.63, 3.8) is 0 Å². The van der Waals surface area contributed by atoms with E-state index < -0.39 is 0 Å². The first kappa shape index (κ1) is 13.1. The summed E-state index contributed by atoms with van der Waals surface area (Å²) in [6.45, 7) is 3.89. The van der Waals surface area contributed by atoms with Crippen molar-refractivity contribution in [2.75, 3.05) is 11.1 Å². The summed E-state index contributed by atoms with van der Waals surface area (Å²) in [6, 6.07) is 5.44. The van der Waals surface area contributed by atoms with E-state index in [0.29, 0.717) is 11.3 Å². The van der Waals surface area contributed by atoms with Crippen LogP contribution in [0, 0.1) is 6.92 Å². The molecular formula is C14H18N4O. The van der Waals surface area contributed by atoms with Crippen LogP contribution in [0.2, 0.25) is 0 Å². The summed E-state index contributed by atoms with van der Waals surface area (Å²) in [4.78, 5) is 12.2. The summed E-state index contributed by atoms with van der Waals surface area (Å²) in [5.41, 5.74) is 9.56. The smallest absolute Gasteiger partial charge is 0.259 e. The molecule has 0 aliphatic rings. The predicted molar refractivity (Wildman–Crippen MR) is 76.1 cm³/mol. The standard InChI is InChI=1S/C14H18N4O/c1-4-13-11(8-18(3)17-13)14(19)16-10-5-6-12(15)9(2)7-10/h5-8H,4,15H2,1-3H3,(H,16,19). The lowest BCUT2D eigenvalue weighted by Crippen LogP contribution is -2.13. The number of aromatic nitrogens is 2. The first-order valence-corrected chi connectivity index (χ1v) is 6.21. The molecule has 0 aliphatic heterocycles. The first-order chi connectivity index (χ1) is 9.01. The molecule has 2 aromatic rings. The molecule has 0 spiro atoms. The van der Waals surface area contributed by atoms with Crippen molar-refractivity contribution in [3.05, 3.63) is 41.2 Å². The highest BCUT2D eigenvalue weighted by atomic mass is 16.1. The van der Waals surface area contributed by atoms with E-state index in [1.165, 1.54) is 0 Å². The molecule has 5 heteroatoms. The Labute approximate surface area is 112 Å². The molecule has 1 aromatic heterocycles. The summed E-state index contributed by atoms with van der Waals surface area (Å²) >= 11 is 0. The monoisotopic (exact) mass is 258 g/mol. The second-order valence-electron chi connectivity index (χ2n) is 4.54. The Morgan fingerprint density at radius 3 is 2.84 bits per heavy atom. The van der Waals surface area contributed by atoms with Crippen molar-refractivity contribution in [2.24, 2.45) is 7.05 Å². The Morgan fingerprint density at radius 2 is 2.21 bits per heavy atom. The number of nitrogen functional groups attached to an aromatic ring is 1. The number of amides is 1. The van der Waals surface area contributed by atoms with Gasteiger partial charge in [-0.15, -0.1) is 0 Å². The van der Waals surface area contributed by atoms with Crippen LogP contribution in [0.15, 0.2) is 24.4 Å². The fourth-order valence-corrected chi connectivity index (χ4v) is 1.94. The lowest BCUT2D eigenvalue weighted by atomic mass is 10.1. The second-order valence-corrected chi connectivity index (χ2v) is 4.54. The Kier molecular flexibility index (Phi) is 3.55. The van der Waals surface area contributed by atoms with Gasteiger partial charge in [-0.3, -0.25) is 9.48 Å². The van der Waals surface area contributed by atoms with Gasteiger partial charge in [-0.25, -0.2) is 0 Å². The zero-order valence-electron chi connectivity index (χ0n) is 11.4. The lowest BCUT2D eigenvalue weighted by molar-refractivity contribution is 0.102. The highest BCUT2D eigenvalue weighted by Gasteiger charge is 2.14. The lowest BCUT2D eigenvalue weighted by Gasteiger charge is -2.07. The van der Waals surface area contributed by atoms with Crippen molar-refractivity contribution < 1.29 is 4.79 Å². The molecule has 1 aromatic carbocycles. The van der Waals surface area contributed by atoms with Crippen LogP contribution >= 0.6 is 0 Å². The third-order valence-corrected chi connectivity index (χ3v) is 3.01. The fourth-order valence-electron chi connectivity index (χ4n) is 1.94. The molecule has 1 amide bonds. The second kappa shape index (κ2) is 5.14. The zero-order chi connectivity index (χ0) is 14.0. The zero-order valence-corrected chi connectivity index (χ0v) is 11.4. The molecule has 5 nitrogen and oxygen atoms in total. The van der Waals surface area contributed by atoms with Crippen LogP contribution in [0.3, 0.4) is 0 Å². The summed E-state index contributed by atoms with van der Waals surface area (Å²) in [5.74, 6) is -0.144. The predicted octanol–water partition coefficient (Wildman–Crippen LogP) is 2.13. The van der Waals surface area contributed by atoms with Gasteiger partial charge in [-0.2, -0.15) is 5.10 Å². The summed E-state index contributed by atoms with van der Waals surface area (Å²) in [7, 11) is 1.81. The van der Waals surface area contributed by atoms with Gasteiger partial charge in [0.25, 0.3) is 5.91 Å². The number of aryl methyl sites for hydroxylation is 3. The van der Waals surface area contributed by atoms with Gasteiger partial charge in [0.2, 0.25) is 0 Å². The van der Waals surface area contributed by atoms with Crippen LogP contribution in [-0.2, 0) is 13.5 Å². The van der Waals surface area contributed by atoms with Crippen LogP contribution in [0.5, 0.6) is 0 Å². The van der Waals surface area contributed by atoms with Crippen molar-refractivity contribution in [1.82, 2.24) is 9.78 Å². The molecular weight excluding hydrogens is 240 g/mol. The third kappa shape index (κ3) is 2.76. The number of nitrogens with one attached hydrogen (secondary N) is 1. The Morgan fingerprint density at radius 1 is 1.47 bits per heavy atom. The average Bonchev–Trinajstić information content (AvgIpc) is 2.75. The highest BCUT2D eigenvalue weighted by Crippen LogP contribution is 2.18. The number of carbonyl (C=O) groups is 1. The SMILES string of the molecule is CCc1nn(C)cc1C(=O)Nc1ccc(N)c(C)c1. The van der Waals surface area contributed by atoms with Crippen molar-refractivity contribution in [3.8, 4) is 0 Å². The minimum absolute atomic E-state index is 0.144. The van der Waals surface area contributed by atoms with Crippen LogP contribution < -0.4 is 11.1 Å². The minimum Gasteiger partial charge on any atom is -0.399 e. The number of benzene rings is 1. The van der Waals surface area contributed by atoms with E-state index in [2.05, 4.69) is 10.4 Å². The molecule has 0 radical (unpaired) electrons. The molecule has 0 fully saturated rings. The molecule has 0 saturated heterocycles. The van der Waals surface area contributed by atoms with Gasteiger partial charge in [0.15, 0.2) is 0 Å². The Bertz CT molecular complexity index is 616. The van der Waals surface area contributed by atoms with Crippen molar-refractivity contribution in [2.45, 2.75) is 20.3 Å². The number of hydrogen-bond donors (Lipinski definition) is 2. The quantitative estimate of drug-likeness (QED) is 0.828. The maximum atomic E-state index is 12.2. The number of rotatable bonds is 3. The maximum Gasteiger partial charge on any atom is 0.259 e. The van der Waals surface area contributed by atoms with E-state index in [4.69, 9.17) is 5.73 Å². The van der Waals surface area contributed by atoms with Crippen LogP contribution in [0.1, 0.15) is 28.5 Å². The third-order valence-electron chi connectivity index (χ3n) is 3.01. The minimum atomic E-state index is -0.144. The normalized spacial score (nSPS) is 10.5. The molecule has 19 heavy (non-hydrogen) atoms. The summed E-state index contributed by atoms with van der Waals surface area (Å²) < 4.78 is 1.65. The van der Waals surface area contributed by atoms with E-state index in [1.807, 2.05) is 27.0 Å². The highest BCUT2D eigenvalue weighted by molar-refractivity contribution is 6.05. The van der Waals surface area contributed by atoms with E-state index in [-0.39, 0.29) is 5.91 Å². The topological polar surface area (TPSA) is 72.9 Å². The van der Waals surface area contributed by atoms with Gasteiger partial charge >= 0.3 is 0 Å². The number of carbonyl (C=O) groups excluding carboxylic acids is 1. The van der Waals surface area contributed by atoms with Crippen LogP contribution in [0.25, 0.3) is 0 Å². The molecule has 0 bridgehead atoms. The van der Waals surface area contributed by atoms with Crippen LogP contribution in [-0.4, -0.2) is 15.7 Å². The average molecular weight is 258 g/mol. The molecule has 0 unspecified atom stereocenters. The van der Waals surface area contributed by atoms with E-state index in [1.54, 1.807) is 23.0 Å². The molecule has 100 valence electrons. The number of nitrogens with zero attached hydrogens (tertiary/aromatic N) is 2. The molecule has 0 aliphatic carbocycles. The largest absolute Gasteiger partial charge is 0.399 e. The van der Waals surface area contributed by atoms with Gasteiger partial charge in [0, 0.05) is 24.6 Å². The fraction of sp³-hybridized carbons (Fsp3) is 0.286. The van der Waals surface area contributed by atoms with E-state index in [0.717, 1.165) is 23.4 Å². The maximum absolute atomic E-state index is 12.2. The molecule has 0 saturated carbocycles. The van der Waals surface area contributed by atoms with Gasteiger partial charge in [0.05, 0.1) is 11.3 Å². The summed E-state index contributed by atoms with van der Waals surface area (Å²) in [6.07, 6.45) is 2.46. The van der Waals surface area contributed by atoms with Gasteiger partial charge < -0.3 is 11.1 Å². The van der Waals surface area contributed by atoms with Crippen molar-refractivity contribution in [1.29, 1.82) is 0 Å². The molecule has 2 rings (SSSR count). The van der Waals surface area contributed by atoms with E-state index >= 15 is 0 Å². The number of anilines is 2.